The highest BCUT2D eigenvalue weighted by Gasteiger charge is 2.37. The van der Waals surface area contributed by atoms with Crippen molar-refractivity contribution in [1.82, 2.24) is 14.7 Å². The highest BCUT2D eigenvalue weighted by molar-refractivity contribution is 5.90. The second kappa shape index (κ2) is 6.59. The molecule has 1 aromatic carbocycles. The minimum absolute atomic E-state index is 0.176. The number of fused-ring (bicyclic) bond motifs is 1. The van der Waals surface area contributed by atoms with Crippen LogP contribution in [0, 0.1) is 12.8 Å². The molecule has 0 unspecified atom stereocenters. The van der Waals surface area contributed by atoms with Crippen molar-refractivity contribution >= 4 is 11.9 Å². The van der Waals surface area contributed by atoms with Crippen molar-refractivity contribution < 1.29 is 14.3 Å². The van der Waals surface area contributed by atoms with E-state index in [1.807, 2.05) is 40.8 Å². The Morgan fingerprint density at radius 2 is 1.96 bits per heavy atom. The number of aromatic nitrogens is 2. The predicted molar refractivity (Wildman–Crippen MR) is 96.1 cm³/mol. The molecule has 0 spiro atoms. The molecule has 2 aromatic rings. The minimum atomic E-state index is -0.421. The summed E-state index contributed by atoms with van der Waals surface area (Å²) in [6.45, 7) is 5.22. The zero-order chi connectivity index (χ0) is 18.3. The van der Waals surface area contributed by atoms with Crippen LogP contribution in [0.5, 0.6) is 0 Å². The summed E-state index contributed by atoms with van der Waals surface area (Å²) in [5.41, 5.74) is 4.24. The van der Waals surface area contributed by atoms with Crippen LogP contribution in [-0.4, -0.2) is 39.7 Å². The van der Waals surface area contributed by atoms with Gasteiger partial charge in [0.25, 0.3) is 0 Å². The average Bonchev–Trinajstić information content (AvgIpc) is 3.42. The third-order valence-electron chi connectivity index (χ3n) is 5.04. The van der Waals surface area contributed by atoms with Crippen LogP contribution in [0.2, 0.25) is 0 Å². The molecule has 4 rings (SSSR count). The van der Waals surface area contributed by atoms with Crippen LogP contribution in [0.1, 0.15) is 47.1 Å². The Hall–Kier alpha value is -2.63. The fraction of sp³-hybridized carbons (Fsp3) is 0.450. The molecule has 136 valence electrons. The third-order valence-corrected chi connectivity index (χ3v) is 5.04. The number of hydrogen-bond donors (Lipinski definition) is 0. The molecule has 0 radical (unpaired) electrons. The van der Waals surface area contributed by atoms with Gasteiger partial charge in [-0.3, -0.25) is 4.79 Å². The molecule has 1 aliphatic carbocycles. The number of hydrogen-bond acceptors (Lipinski definition) is 4. The zero-order valence-corrected chi connectivity index (χ0v) is 15.2. The number of carbonyl (C=O) groups excluding carboxylic acids is 2. The van der Waals surface area contributed by atoms with Crippen LogP contribution in [0.25, 0.3) is 5.69 Å². The van der Waals surface area contributed by atoms with Gasteiger partial charge in [0.1, 0.15) is 0 Å². The van der Waals surface area contributed by atoms with Crippen LogP contribution >= 0.6 is 0 Å². The van der Waals surface area contributed by atoms with Gasteiger partial charge in [-0.25, -0.2) is 9.48 Å². The van der Waals surface area contributed by atoms with Gasteiger partial charge in [-0.2, -0.15) is 5.10 Å². The predicted octanol–water partition coefficient (Wildman–Crippen LogP) is 2.65. The molecule has 0 bridgehead atoms. The molecular formula is C20H23N3O3. The summed E-state index contributed by atoms with van der Waals surface area (Å²) in [7, 11) is 0. The normalized spacial score (nSPS) is 16.3. The summed E-state index contributed by atoms with van der Waals surface area (Å²) < 4.78 is 7.03. The Bertz CT molecular complexity index is 850. The number of rotatable bonds is 4. The van der Waals surface area contributed by atoms with Gasteiger partial charge in [-0.05, 0) is 38.8 Å². The first-order valence-electron chi connectivity index (χ1n) is 9.22. The quantitative estimate of drug-likeness (QED) is 0.793. The molecule has 0 N–H and O–H groups in total. The van der Waals surface area contributed by atoms with E-state index < -0.39 is 5.97 Å². The fourth-order valence-electron chi connectivity index (χ4n) is 3.46. The Labute approximate surface area is 152 Å². The maximum absolute atomic E-state index is 12.5. The number of esters is 1. The Kier molecular flexibility index (Phi) is 4.26. The maximum atomic E-state index is 12.5. The van der Waals surface area contributed by atoms with Crippen LogP contribution < -0.4 is 0 Å². The Morgan fingerprint density at radius 3 is 2.62 bits per heavy atom. The van der Waals surface area contributed by atoms with Gasteiger partial charge in [0.2, 0.25) is 5.91 Å². The molecule has 26 heavy (non-hydrogen) atoms. The van der Waals surface area contributed by atoms with E-state index in [1.54, 1.807) is 6.92 Å². The van der Waals surface area contributed by atoms with Gasteiger partial charge in [0.05, 0.1) is 18.0 Å². The van der Waals surface area contributed by atoms with E-state index >= 15 is 0 Å². The molecule has 1 amide bonds. The summed E-state index contributed by atoms with van der Waals surface area (Å²) in [6, 6.07) is 8.05. The average molecular weight is 353 g/mol. The number of carbonyl (C=O) groups is 2. The molecule has 2 aliphatic rings. The van der Waals surface area contributed by atoms with Crippen LogP contribution in [0.3, 0.4) is 0 Å². The maximum Gasteiger partial charge on any atom is 0.359 e. The van der Waals surface area contributed by atoms with Gasteiger partial charge >= 0.3 is 5.97 Å². The monoisotopic (exact) mass is 353 g/mol. The lowest BCUT2D eigenvalue weighted by molar-refractivity contribution is -0.133. The van der Waals surface area contributed by atoms with E-state index in [-0.39, 0.29) is 11.8 Å². The number of nitrogens with zero attached hydrogens (tertiary/aromatic N) is 3. The number of amides is 1. The highest BCUT2D eigenvalue weighted by atomic mass is 16.5. The largest absolute Gasteiger partial charge is 0.461 e. The molecule has 0 saturated heterocycles. The number of aryl methyl sites for hydroxylation is 1. The zero-order valence-electron chi connectivity index (χ0n) is 15.2. The lowest BCUT2D eigenvalue weighted by atomic mass is 10.0. The smallest absolute Gasteiger partial charge is 0.359 e. The summed E-state index contributed by atoms with van der Waals surface area (Å²) in [6.07, 6.45) is 2.65. The highest BCUT2D eigenvalue weighted by Crippen LogP contribution is 2.34. The van der Waals surface area contributed by atoms with E-state index in [4.69, 9.17) is 4.74 Å². The fourth-order valence-corrected chi connectivity index (χ4v) is 3.46. The van der Waals surface area contributed by atoms with Crippen molar-refractivity contribution in [3.8, 4) is 5.69 Å². The third kappa shape index (κ3) is 3.00. The molecule has 1 saturated carbocycles. The molecule has 1 aromatic heterocycles. The van der Waals surface area contributed by atoms with Gasteiger partial charge in [0, 0.05) is 31.0 Å². The van der Waals surface area contributed by atoms with Gasteiger partial charge in [-0.1, -0.05) is 17.7 Å². The Balaban J connectivity index is 1.73. The van der Waals surface area contributed by atoms with Crippen molar-refractivity contribution in [2.75, 3.05) is 13.2 Å². The molecule has 6 heteroatoms. The SMILES string of the molecule is CCOC(=O)c1nn(-c2ccc(C)cc2)c2c1CN(C(=O)C1CC1)CC2. The first kappa shape index (κ1) is 16.8. The Morgan fingerprint density at radius 1 is 1.23 bits per heavy atom. The van der Waals surface area contributed by atoms with E-state index in [0.717, 1.165) is 29.8 Å². The molecule has 2 heterocycles. The van der Waals surface area contributed by atoms with E-state index in [0.29, 0.717) is 31.8 Å². The molecular weight excluding hydrogens is 330 g/mol. The first-order chi connectivity index (χ1) is 12.6. The first-order valence-corrected chi connectivity index (χ1v) is 9.22. The molecule has 1 fully saturated rings. The van der Waals surface area contributed by atoms with Crippen molar-refractivity contribution in [2.24, 2.45) is 5.92 Å². The lowest BCUT2D eigenvalue weighted by Crippen LogP contribution is -2.37. The second-order valence-electron chi connectivity index (χ2n) is 7.03. The van der Waals surface area contributed by atoms with E-state index in [2.05, 4.69) is 5.10 Å². The molecule has 1 aliphatic heterocycles. The van der Waals surface area contributed by atoms with E-state index in [9.17, 15) is 9.59 Å². The summed E-state index contributed by atoms with van der Waals surface area (Å²) in [5.74, 6) is -0.0429. The van der Waals surface area contributed by atoms with Crippen LogP contribution in [0.4, 0.5) is 0 Å². The van der Waals surface area contributed by atoms with Crippen LogP contribution in [0.15, 0.2) is 24.3 Å². The number of benzene rings is 1. The van der Waals surface area contributed by atoms with Crippen molar-refractivity contribution in [3.63, 3.8) is 0 Å². The topological polar surface area (TPSA) is 64.4 Å². The standard InChI is InChI=1S/C20H23N3O3/c1-3-26-20(25)18-16-12-22(19(24)14-6-7-14)11-10-17(16)23(21-18)15-8-4-13(2)5-9-15/h4-5,8-9,14H,3,6-7,10-12H2,1-2H3. The number of ether oxygens (including phenoxy) is 1. The van der Waals surface area contributed by atoms with Gasteiger partial charge < -0.3 is 9.64 Å². The molecule has 0 atom stereocenters. The van der Waals surface area contributed by atoms with Gasteiger partial charge in [-0.15, -0.1) is 0 Å². The minimum Gasteiger partial charge on any atom is -0.461 e. The summed E-state index contributed by atoms with van der Waals surface area (Å²) >= 11 is 0. The summed E-state index contributed by atoms with van der Waals surface area (Å²) in [4.78, 5) is 26.8. The van der Waals surface area contributed by atoms with Crippen molar-refractivity contribution in [1.29, 1.82) is 0 Å². The molecule has 6 nitrogen and oxygen atoms in total. The van der Waals surface area contributed by atoms with Gasteiger partial charge in [0.15, 0.2) is 5.69 Å². The van der Waals surface area contributed by atoms with Crippen molar-refractivity contribution in [3.05, 3.63) is 46.8 Å². The second-order valence-corrected chi connectivity index (χ2v) is 7.03. The van der Waals surface area contributed by atoms with Crippen LogP contribution in [-0.2, 0) is 22.5 Å². The lowest BCUT2D eigenvalue weighted by Gasteiger charge is -2.28. The summed E-state index contributed by atoms with van der Waals surface area (Å²) in [5, 5.41) is 4.57. The van der Waals surface area contributed by atoms with E-state index in [1.165, 1.54) is 5.56 Å². The van der Waals surface area contributed by atoms with Crippen molar-refractivity contribution in [2.45, 2.75) is 39.7 Å².